The molecule has 0 aliphatic rings. The number of hydrogen-bond acceptors (Lipinski definition) is 4. The molecule has 0 spiro atoms. The molecule has 7 heteroatoms. The van der Waals surface area contributed by atoms with Gasteiger partial charge in [-0.25, -0.2) is 8.78 Å². The Morgan fingerprint density at radius 2 is 2.05 bits per heavy atom. The Kier molecular flexibility index (Phi) is 4.52. The number of amides is 1. The van der Waals surface area contributed by atoms with Crippen LogP contribution in [0.25, 0.3) is 11.0 Å². The summed E-state index contributed by atoms with van der Waals surface area (Å²) in [6, 6.07) is 4.90. The number of aromatic nitrogens is 2. The first kappa shape index (κ1) is 14.3. The number of carbonyl (C=O) groups excluding carboxylic acids is 1. The second kappa shape index (κ2) is 6.33. The molecule has 0 atom stereocenters. The van der Waals surface area contributed by atoms with Crippen LogP contribution in [0.2, 0.25) is 0 Å². The average Bonchev–Trinajstić information content (AvgIpc) is 2.45. The SMILES string of the molecule is NCCN(CC(F)F)C(=O)c1cccc2nccnc12. The molecule has 1 aromatic carbocycles. The van der Waals surface area contributed by atoms with Crippen LogP contribution in [0.3, 0.4) is 0 Å². The maximum absolute atomic E-state index is 12.5. The molecule has 5 nitrogen and oxygen atoms in total. The molecule has 0 saturated carbocycles. The highest BCUT2D eigenvalue weighted by Gasteiger charge is 2.21. The third-order valence-corrected chi connectivity index (χ3v) is 2.77. The van der Waals surface area contributed by atoms with Gasteiger partial charge in [0.15, 0.2) is 0 Å². The third-order valence-electron chi connectivity index (χ3n) is 2.77. The maximum atomic E-state index is 12.5. The van der Waals surface area contributed by atoms with E-state index in [9.17, 15) is 13.6 Å². The summed E-state index contributed by atoms with van der Waals surface area (Å²) < 4.78 is 25.1. The molecule has 0 aliphatic heterocycles. The molecule has 0 bridgehead atoms. The maximum Gasteiger partial charge on any atom is 0.256 e. The molecule has 0 fully saturated rings. The lowest BCUT2D eigenvalue weighted by Crippen LogP contribution is -2.38. The predicted molar refractivity (Wildman–Crippen MR) is 70.5 cm³/mol. The summed E-state index contributed by atoms with van der Waals surface area (Å²) in [5, 5.41) is 0. The Bertz CT molecular complexity index is 600. The van der Waals surface area contributed by atoms with Gasteiger partial charge >= 0.3 is 0 Å². The zero-order chi connectivity index (χ0) is 14.5. The van der Waals surface area contributed by atoms with Crippen LogP contribution >= 0.6 is 0 Å². The molecule has 0 radical (unpaired) electrons. The first-order valence-electron chi connectivity index (χ1n) is 6.10. The van der Waals surface area contributed by atoms with Gasteiger partial charge in [0.2, 0.25) is 0 Å². The van der Waals surface area contributed by atoms with Crippen LogP contribution < -0.4 is 5.73 Å². The summed E-state index contributed by atoms with van der Waals surface area (Å²) in [5.41, 5.74) is 6.57. The lowest BCUT2D eigenvalue weighted by atomic mass is 10.1. The minimum atomic E-state index is -2.61. The first-order valence-corrected chi connectivity index (χ1v) is 6.10. The normalized spacial score (nSPS) is 11.0. The molecular formula is C13H14F2N4O. The fourth-order valence-electron chi connectivity index (χ4n) is 1.93. The highest BCUT2D eigenvalue weighted by atomic mass is 19.3. The molecular weight excluding hydrogens is 266 g/mol. The third kappa shape index (κ3) is 3.05. The second-order valence-electron chi connectivity index (χ2n) is 4.16. The standard InChI is InChI=1S/C13H14F2N4O/c14-11(15)8-19(7-4-16)13(20)9-2-1-3-10-12(9)18-6-5-17-10/h1-3,5-6,11H,4,7-8,16H2. The Balaban J connectivity index is 2.38. The number of hydrogen-bond donors (Lipinski definition) is 1. The summed E-state index contributed by atoms with van der Waals surface area (Å²) in [6.07, 6.45) is 0.360. The molecule has 0 saturated heterocycles. The minimum absolute atomic E-state index is 0.0693. The van der Waals surface area contributed by atoms with Crippen molar-refractivity contribution in [3.63, 3.8) is 0 Å². The van der Waals surface area contributed by atoms with Crippen LogP contribution in [0.4, 0.5) is 8.78 Å². The molecule has 2 aromatic rings. The van der Waals surface area contributed by atoms with Crippen LogP contribution in [-0.4, -0.2) is 46.8 Å². The van der Waals surface area contributed by atoms with Gasteiger partial charge in [0.25, 0.3) is 12.3 Å². The number of carbonyl (C=O) groups is 1. The van der Waals surface area contributed by atoms with E-state index in [0.29, 0.717) is 11.0 Å². The van der Waals surface area contributed by atoms with E-state index in [2.05, 4.69) is 9.97 Å². The zero-order valence-electron chi connectivity index (χ0n) is 10.7. The van der Waals surface area contributed by atoms with Gasteiger partial charge in [-0.15, -0.1) is 0 Å². The Hall–Kier alpha value is -2.15. The van der Waals surface area contributed by atoms with Crippen molar-refractivity contribution in [1.82, 2.24) is 14.9 Å². The van der Waals surface area contributed by atoms with Crippen LogP contribution in [0.15, 0.2) is 30.6 Å². The second-order valence-corrected chi connectivity index (χ2v) is 4.16. The van der Waals surface area contributed by atoms with Crippen molar-refractivity contribution in [1.29, 1.82) is 0 Å². The molecule has 20 heavy (non-hydrogen) atoms. The van der Waals surface area contributed by atoms with Gasteiger partial charge in [-0.2, -0.15) is 0 Å². The van der Waals surface area contributed by atoms with Crippen molar-refractivity contribution in [2.24, 2.45) is 5.73 Å². The summed E-state index contributed by atoms with van der Waals surface area (Å²) in [5.74, 6) is -0.512. The predicted octanol–water partition coefficient (Wildman–Crippen LogP) is 1.30. The Labute approximate surface area is 114 Å². The van der Waals surface area contributed by atoms with E-state index < -0.39 is 18.9 Å². The number of nitrogens with zero attached hydrogens (tertiary/aromatic N) is 3. The number of alkyl halides is 2. The molecule has 1 amide bonds. The average molecular weight is 280 g/mol. The Morgan fingerprint density at radius 1 is 1.30 bits per heavy atom. The molecule has 0 aliphatic carbocycles. The summed E-state index contributed by atoms with van der Waals surface area (Å²) in [4.78, 5) is 21.6. The van der Waals surface area contributed by atoms with Gasteiger partial charge in [-0.05, 0) is 12.1 Å². The number of benzene rings is 1. The first-order chi connectivity index (χ1) is 9.63. The number of para-hydroxylation sites is 1. The van der Waals surface area contributed by atoms with E-state index in [4.69, 9.17) is 5.73 Å². The van der Waals surface area contributed by atoms with Gasteiger partial charge in [-0.1, -0.05) is 6.07 Å². The van der Waals surface area contributed by atoms with Crippen molar-refractivity contribution >= 4 is 16.9 Å². The molecule has 0 unspecified atom stereocenters. The Morgan fingerprint density at radius 3 is 2.75 bits per heavy atom. The fraction of sp³-hybridized carbons (Fsp3) is 0.308. The monoisotopic (exact) mass is 280 g/mol. The smallest absolute Gasteiger partial charge is 0.256 e. The van der Waals surface area contributed by atoms with Gasteiger partial charge in [0, 0.05) is 25.5 Å². The highest BCUT2D eigenvalue weighted by molar-refractivity contribution is 6.04. The van der Waals surface area contributed by atoms with E-state index in [1.54, 1.807) is 18.2 Å². The summed E-state index contributed by atoms with van der Waals surface area (Å²) in [7, 11) is 0. The molecule has 1 aromatic heterocycles. The minimum Gasteiger partial charge on any atom is -0.332 e. The van der Waals surface area contributed by atoms with Crippen molar-refractivity contribution in [3.05, 3.63) is 36.2 Å². The van der Waals surface area contributed by atoms with Gasteiger partial charge in [0.05, 0.1) is 17.6 Å². The molecule has 2 N–H and O–H groups in total. The number of nitrogens with two attached hydrogens (primary N) is 1. The van der Waals surface area contributed by atoms with Crippen molar-refractivity contribution in [2.45, 2.75) is 6.43 Å². The zero-order valence-corrected chi connectivity index (χ0v) is 10.7. The lowest BCUT2D eigenvalue weighted by Gasteiger charge is -2.21. The van der Waals surface area contributed by atoms with Crippen molar-refractivity contribution < 1.29 is 13.6 Å². The van der Waals surface area contributed by atoms with Gasteiger partial charge < -0.3 is 10.6 Å². The molecule has 1 heterocycles. The van der Waals surface area contributed by atoms with E-state index in [1.165, 1.54) is 12.4 Å². The van der Waals surface area contributed by atoms with E-state index in [1.807, 2.05) is 0 Å². The van der Waals surface area contributed by atoms with Gasteiger partial charge in [-0.3, -0.25) is 14.8 Å². The van der Waals surface area contributed by atoms with Crippen LogP contribution in [0.5, 0.6) is 0 Å². The van der Waals surface area contributed by atoms with Crippen LogP contribution in [-0.2, 0) is 0 Å². The summed E-state index contributed by atoms with van der Waals surface area (Å²) >= 11 is 0. The van der Waals surface area contributed by atoms with E-state index in [-0.39, 0.29) is 18.7 Å². The topological polar surface area (TPSA) is 72.1 Å². The number of fused-ring (bicyclic) bond motifs is 1. The molecule has 2 rings (SSSR count). The van der Waals surface area contributed by atoms with Crippen LogP contribution in [0.1, 0.15) is 10.4 Å². The van der Waals surface area contributed by atoms with Crippen molar-refractivity contribution in [2.75, 3.05) is 19.6 Å². The van der Waals surface area contributed by atoms with Crippen molar-refractivity contribution in [3.8, 4) is 0 Å². The van der Waals surface area contributed by atoms with E-state index >= 15 is 0 Å². The molecule has 106 valence electrons. The van der Waals surface area contributed by atoms with E-state index in [0.717, 1.165) is 4.90 Å². The fourth-order valence-corrected chi connectivity index (χ4v) is 1.93. The number of rotatable bonds is 5. The largest absolute Gasteiger partial charge is 0.332 e. The quantitative estimate of drug-likeness (QED) is 0.896. The summed E-state index contributed by atoms with van der Waals surface area (Å²) in [6.45, 7) is -0.457. The van der Waals surface area contributed by atoms with Crippen LogP contribution in [0, 0.1) is 0 Å². The lowest BCUT2D eigenvalue weighted by molar-refractivity contribution is 0.0564. The highest BCUT2D eigenvalue weighted by Crippen LogP contribution is 2.16. The van der Waals surface area contributed by atoms with Gasteiger partial charge in [0.1, 0.15) is 5.52 Å². The number of halogens is 2.